The van der Waals surface area contributed by atoms with Crippen molar-refractivity contribution in [3.63, 3.8) is 0 Å². The van der Waals surface area contributed by atoms with Crippen LogP contribution in [-0.2, 0) is 11.3 Å². The number of hydrogen-bond donors (Lipinski definition) is 2. The maximum Gasteiger partial charge on any atom is 0.237 e. The molecule has 0 bridgehead atoms. The Bertz CT molecular complexity index is 403. The van der Waals surface area contributed by atoms with Gasteiger partial charge in [0.15, 0.2) is 0 Å². The Labute approximate surface area is 119 Å². The predicted molar refractivity (Wildman–Crippen MR) is 76.1 cm³/mol. The van der Waals surface area contributed by atoms with Gasteiger partial charge in [-0.15, -0.1) is 0 Å². The van der Waals surface area contributed by atoms with E-state index in [9.17, 15) is 4.79 Å². The Morgan fingerprint density at radius 3 is 3.15 bits per heavy atom. The molecule has 0 spiro atoms. The average Bonchev–Trinajstić information content (AvgIpc) is 2.98. The summed E-state index contributed by atoms with van der Waals surface area (Å²) >= 11 is 0. The minimum Gasteiger partial charge on any atom is -0.467 e. The number of nitrogens with zero attached hydrogens (tertiary/aromatic N) is 1. The summed E-state index contributed by atoms with van der Waals surface area (Å²) in [6.45, 7) is 3.48. The minimum atomic E-state index is -0.165. The molecule has 1 saturated heterocycles. The third-order valence-electron chi connectivity index (χ3n) is 4.03. The van der Waals surface area contributed by atoms with Crippen molar-refractivity contribution < 1.29 is 14.3 Å². The molecule has 0 aliphatic carbocycles. The van der Waals surface area contributed by atoms with Gasteiger partial charge in [-0.25, -0.2) is 0 Å². The van der Waals surface area contributed by atoms with Gasteiger partial charge in [-0.05, 0) is 44.9 Å². The number of piperidine rings is 1. The summed E-state index contributed by atoms with van der Waals surface area (Å²) < 4.78 is 5.21. The number of furan rings is 1. The fourth-order valence-electron chi connectivity index (χ4n) is 2.88. The van der Waals surface area contributed by atoms with Crippen molar-refractivity contribution in [1.29, 1.82) is 0 Å². The minimum absolute atomic E-state index is 0.0197. The number of carbonyl (C=O) groups excluding carboxylic acids is 1. The number of hydrogen-bond acceptors (Lipinski definition) is 4. The molecule has 0 radical (unpaired) electrons. The van der Waals surface area contributed by atoms with Gasteiger partial charge in [0.25, 0.3) is 0 Å². The van der Waals surface area contributed by atoms with Crippen molar-refractivity contribution in [2.24, 2.45) is 0 Å². The molecule has 1 aromatic heterocycles. The molecule has 112 valence electrons. The second-order valence-electron chi connectivity index (χ2n) is 5.37. The third kappa shape index (κ3) is 3.84. The van der Waals surface area contributed by atoms with Crippen molar-refractivity contribution in [3.05, 3.63) is 24.2 Å². The molecule has 1 aromatic rings. The molecule has 1 fully saturated rings. The summed E-state index contributed by atoms with van der Waals surface area (Å²) in [7, 11) is 0. The van der Waals surface area contributed by atoms with E-state index >= 15 is 0 Å². The molecule has 2 unspecified atom stereocenters. The van der Waals surface area contributed by atoms with Gasteiger partial charge in [-0.3, -0.25) is 9.69 Å². The topological polar surface area (TPSA) is 65.7 Å². The lowest BCUT2D eigenvalue weighted by Gasteiger charge is -2.39. The van der Waals surface area contributed by atoms with Crippen LogP contribution in [0.4, 0.5) is 0 Å². The highest BCUT2D eigenvalue weighted by Gasteiger charge is 2.29. The van der Waals surface area contributed by atoms with E-state index in [0.717, 1.165) is 31.6 Å². The van der Waals surface area contributed by atoms with Gasteiger partial charge in [-0.2, -0.15) is 0 Å². The number of rotatable bonds is 6. The van der Waals surface area contributed by atoms with E-state index in [4.69, 9.17) is 9.52 Å². The molecule has 20 heavy (non-hydrogen) atoms. The number of aliphatic hydroxyl groups is 1. The lowest BCUT2D eigenvalue weighted by atomic mass is 9.97. The molecule has 2 atom stereocenters. The van der Waals surface area contributed by atoms with Gasteiger partial charge < -0.3 is 14.8 Å². The molecule has 1 aliphatic rings. The van der Waals surface area contributed by atoms with Crippen molar-refractivity contribution in [2.75, 3.05) is 13.2 Å². The van der Waals surface area contributed by atoms with E-state index in [2.05, 4.69) is 10.2 Å². The molecule has 2 rings (SSSR count). The first-order chi connectivity index (χ1) is 9.72. The fraction of sp³-hybridized carbons (Fsp3) is 0.667. The second-order valence-corrected chi connectivity index (χ2v) is 5.37. The van der Waals surface area contributed by atoms with Crippen LogP contribution in [0.3, 0.4) is 0 Å². The SMILES string of the molecule is CC(C(=O)NCc1ccco1)N1CCCCC1CCO. The first-order valence-electron chi connectivity index (χ1n) is 7.39. The molecule has 5 heteroatoms. The van der Waals surface area contributed by atoms with Gasteiger partial charge in [0, 0.05) is 12.6 Å². The predicted octanol–water partition coefficient (Wildman–Crippen LogP) is 1.52. The van der Waals surface area contributed by atoms with Crippen LogP contribution in [0, 0.1) is 0 Å². The molecule has 2 heterocycles. The van der Waals surface area contributed by atoms with Crippen LogP contribution < -0.4 is 5.32 Å². The van der Waals surface area contributed by atoms with Crippen molar-refractivity contribution in [1.82, 2.24) is 10.2 Å². The van der Waals surface area contributed by atoms with Crippen LogP contribution in [0.15, 0.2) is 22.8 Å². The van der Waals surface area contributed by atoms with Crippen LogP contribution in [0.5, 0.6) is 0 Å². The highest BCUT2D eigenvalue weighted by atomic mass is 16.3. The zero-order valence-corrected chi connectivity index (χ0v) is 12.0. The maximum absolute atomic E-state index is 12.2. The Balaban J connectivity index is 1.87. The van der Waals surface area contributed by atoms with Crippen LogP contribution in [0.2, 0.25) is 0 Å². The van der Waals surface area contributed by atoms with Gasteiger partial charge in [0.2, 0.25) is 5.91 Å². The van der Waals surface area contributed by atoms with Crippen molar-refractivity contribution in [2.45, 2.75) is 51.2 Å². The number of likely N-dealkylation sites (tertiary alicyclic amines) is 1. The number of nitrogens with one attached hydrogen (secondary N) is 1. The zero-order valence-electron chi connectivity index (χ0n) is 12.0. The Kier molecular flexibility index (Phi) is 5.61. The van der Waals surface area contributed by atoms with Gasteiger partial charge >= 0.3 is 0 Å². The monoisotopic (exact) mass is 280 g/mol. The first-order valence-corrected chi connectivity index (χ1v) is 7.39. The fourth-order valence-corrected chi connectivity index (χ4v) is 2.88. The van der Waals surface area contributed by atoms with Gasteiger partial charge in [-0.1, -0.05) is 6.42 Å². The van der Waals surface area contributed by atoms with Gasteiger partial charge in [0.1, 0.15) is 5.76 Å². The second kappa shape index (κ2) is 7.45. The number of aliphatic hydroxyl groups excluding tert-OH is 1. The molecule has 2 N–H and O–H groups in total. The summed E-state index contributed by atoms with van der Waals surface area (Å²) in [5.41, 5.74) is 0. The van der Waals surface area contributed by atoms with E-state index in [1.165, 1.54) is 6.42 Å². The number of amides is 1. The van der Waals surface area contributed by atoms with E-state index in [-0.39, 0.29) is 18.6 Å². The average molecular weight is 280 g/mol. The summed E-state index contributed by atoms with van der Waals surface area (Å²) in [5, 5.41) is 12.1. The summed E-state index contributed by atoms with van der Waals surface area (Å²) in [5.74, 6) is 0.780. The normalized spacial score (nSPS) is 21.6. The highest BCUT2D eigenvalue weighted by Crippen LogP contribution is 2.22. The molecule has 5 nitrogen and oxygen atoms in total. The van der Waals surface area contributed by atoms with Crippen LogP contribution in [0.25, 0.3) is 0 Å². The molecule has 0 saturated carbocycles. The Hall–Kier alpha value is -1.33. The van der Waals surface area contributed by atoms with E-state index < -0.39 is 0 Å². The summed E-state index contributed by atoms with van der Waals surface area (Å²) in [6.07, 6.45) is 5.72. The maximum atomic E-state index is 12.2. The summed E-state index contributed by atoms with van der Waals surface area (Å²) in [6, 6.07) is 3.81. The van der Waals surface area contributed by atoms with Gasteiger partial charge in [0.05, 0.1) is 18.8 Å². The lowest BCUT2D eigenvalue weighted by Crippen LogP contribution is -2.51. The standard InChI is InChI=1S/C15H24N2O3/c1-12(15(19)16-11-14-6-4-10-20-14)17-8-3-2-5-13(17)7-9-18/h4,6,10,12-13,18H,2-3,5,7-9,11H2,1H3,(H,16,19). The number of carbonyl (C=O) groups is 1. The Morgan fingerprint density at radius 1 is 1.60 bits per heavy atom. The molecule has 1 amide bonds. The smallest absolute Gasteiger partial charge is 0.237 e. The molecule has 0 aromatic carbocycles. The van der Waals surface area contributed by atoms with E-state index in [1.54, 1.807) is 6.26 Å². The first kappa shape index (κ1) is 15.1. The van der Waals surface area contributed by atoms with Crippen molar-refractivity contribution in [3.8, 4) is 0 Å². The summed E-state index contributed by atoms with van der Waals surface area (Å²) in [4.78, 5) is 14.4. The largest absolute Gasteiger partial charge is 0.467 e. The Morgan fingerprint density at radius 2 is 2.45 bits per heavy atom. The van der Waals surface area contributed by atoms with E-state index in [0.29, 0.717) is 12.6 Å². The molecular formula is C15H24N2O3. The quantitative estimate of drug-likeness (QED) is 0.829. The molecule has 1 aliphatic heterocycles. The highest BCUT2D eigenvalue weighted by molar-refractivity contribution is 5.81. The third-order valence-corrected chi connectivity index (χ3v) is 4.03. The lowest BCUT2D eigenvalue weighted by molar-refractivity contribution is -0.127. The molecular weight excluding hydrogens is 256 g/mol. The zero-order chi connectivity index (χ0) is 14.4. The van der Waals surface area contributed by atoms with Crippen molar-refractivity contribution >= 4 is 5.91 Å². The van der Waals surface area contributed by atoms with Crippen LogP contribution in [0.1, 0.15) is 38.4 Å². The van der Waals surface area contributed by atoms with Crippen LogP contribution >= 0.6 is 0 Å². The van der Waals surface area contributed by atoms with E-state index in [1.807, 2.05) is 19.1 Å². The van der Waals surface area contributed by atoms with Crippen LogP contribution in [-0.4, -0.2) is 41.1 Å².